The van der Waals surface area contributed by atoms with Crippen LogP contribution in [0.5, 0.6) is 0 Å². The molecule has 2 aliphatic rings. The Kier molecular flexibility index (Phi) is 5.38. The topological polar surface area (TPSA) is 86.8 Å². The number of nitrogens with one attached hydrogen (secondary N) is 1. The molecule has 1 N–H and O–H groups in total. The van der Waals surface area contributed by atoms with Crippen LogP contribution in [-0.4, -0.2) is 44.2 Å². The van der Waals surface area contributed by atoms with Gasteiger partial charge in [0.1, 0.15) is 0 Å². The van der Waals surface area contributed by atoms with Gasteiger partial charge in [-0.25, -0.2) is 8.42 Å². The quantitative estimate of drug-likeness (QED) is 0.831. The van der Waals surface area contributed by atoms with E-state index >= 15 is 0 Å². The number of hydrogen-bond acceptors (Lipinski definition) is 4. The zero-order chi connectivity index (χ0) is 20.4. The van der Waals surface area contributed by atoms with Crippen LogP contribution in [0.15, 0.2) is 59.5 Å². The van der Waals surface area contributed by atoms with Crippen LogP contribution in [0.1, 0.15) is 30.9 Å². The smallest absolute Gasteiger partial charge is 0.243 e. The molecule has 2 aliphatic heterocycles. The van der Waals surface area contributed by atoms with Gasteiger partial charge >= 0.3 is 0 Å². The zero-order valence-corrected chi connectivity index (χ0v) is 16.8. The van der Waals surface area contributed by atoms with E-state index in [0.29, 0.717) is 18.7 Å². The minimum Gasteiger partial charge on any atom is -0.355 e. The van der Waals surface area contributed by atoms with Crippen molar-refractivity contribution in [3.63, 3.8) is 0 Å². The van der Waals surface area contributed by atoms with Gasteiger partial charge in [0.25, 0.3) is 0 Å². The molecule has 8 heteroatoms. The number of hydrogen-bond donors (Lipinski definition) is 1. The van der Waals surface area contributed by atoms with Crippen molar-refractivity contribution in [2.45, 2.75) is 30.2 Å². The fraction of sp³-hybridized carbons (Fsp3) is 0.333. The molecule has 0 aliphatic carbocycles. The standard InChI is InChI=1S/C21H23N3O4S/c25-20-15-19(16-5-2-1-3-6-16)24(14-12-22-20)29(27,28)18-10-8-17(9-11-18)23-13-4-7-21(23)26/h1-3,5-6,8-11,19H,4,7,12-15H2,(H,22,25). The van der Waals surface area contributed by atoms with Gasteiger partial charge in [0, 0.05) is 38.2 Å². The summed E-state index contributed by atoms with van der Waals surface area (Å²) in [7, 11) is -3.82. The van der Waals surface area contributed by atoms with Crippen LogP contribution in [0.2, 0.25) is 0 Å². The molecule has 2 fully saturated rings. The second kappa shape index (κ2) is 7.96. The third-order valence-corrected chi connectivity index (χ3v) is 7.32. The highest BCUT2D eigenvalue weighted by molar-refractivity contribution is 7.89. The van der Waals surface area contributed by atoms with E-state index in [9.17, 15) is 18.0 Å². The second-order valence-corrected chi connectivity index (χ2v) is 9.13. The second-order valence-electron chi connectivity index (χ2n) is 7.24. The van der Waals surface area contributed by atoms with Crippen LogP contribution in [0.25, 0.3) is 0 Å². The molecule has 2 saturated heterocycles. The van der Waals surface area contributed by atoms with Gasteiger partial charge in [-0.1, -0.05) is 30.3 Å². The number of rotatable bonds is 4. The van der Waals surface area contributed by atoms with E-state index < -0.39 is 16.1 Å². The lowest BCUT2D eigenvalue weighted by Gasteiger charge is -2.28. The Bertz CT molecular complexity index is 1010. The van der Waals surface area contributed by atoms with Crippen molar-refractivity contribution in [1.29, 1.82) is 0 Å². The molecule has 29 heavy (non-hydrogen) atoms. The first-order valence-corrected chi connectivity index (χ1v) is 11.1. The van der Waals surface area contributed by atoms with Crippen LogP contribution in [-0.2, 0) is 19.6 Å². The molecule has 2 aromatic carbocycles. The summed E-state index contributed by atoms with van der Waals surface area (Å²) in [6.45, 7) is 1.11. The third kappa shape index (κ3) is 3.90. The molecule has 0 aromatic heterocycles. The van der Waals surface area contributed by atoms with E-state index in [0.717, 1.165) is 12.0 Å². The summed E-state index contributed by atoms with van der Waals surface area (Å²) in [6, 6.07) is 15.1. The van der Waals surface area contributed by atoms with Gasteiger partial charge in [-0.3, -0.25) is 9.59 Å². The highest BCUT2D eigenvalue weighted by Gasteiger charge is 2.35. The summed E-state index contributed by atoms with van der Waals surface area (Å²) in [5.74, 6) is -0.110. The number of amides is 2. The SMILES string of the molecule is O=C1CC(c2ccccc2)N(S(=O)(=O)c2ccc(N3CCCC3=O)cc2)CCN1. The number of nitrogens with zero attached hydrogens (tertiary/aromatic N) is 2. The van der Waals surface area contributed by atoms with E-state index in [4.69, 9.17) is 0 Å². The van der Waals surface area contributed by atoms with Crippen LogP contribution in [0.4, 0.5) is 5.69 Å². The molecule has 0 radical (unpaired) electrons. The Morgan fingerprint density at radius 3 is 2.31 bits per heavy atom. The average Bonchev–Trinajstić information content (AvgIpc) is 3.05. The van der Waals surface area contributed by atoms with Crippen LogP contribution < -0.4 is 10.2 Å². The molecule has 2 heterocycles. The first kappa shape index (κ1) is 19.6. The average molecular weight is 413 g/mol. The van der Waals surface area contributed by atoms with Gasteiger partial charge in [0.15, 0.2) is 0 Å². The molecule has 0 saturated carbocycles. The Labute approximate surface area is 170 Å². The fourth-order valence-corrected chi connectivity index (χ4v) is 5.53. The molecular formula is C21H23N3O4S. The van der Waals surface area contributed by atoms with Gasteiger partial charge in [-0.05, 0) is 36.2 Å². The molecule has 4 rings (SSSR count). The van der Waals surface area contributed by atoms with E-state index in [1.54, 1.807) is 29.2 Å². The number of sulfonamides is 1. The van der Waals surface area contributed by atoms with Gasteiger partial charge in [-0.15, -0.1) is 0 Å². The van der Waals surface area contributed by atoms with Gasteiger partial charge in [0.2, 0.25) is 21.8 Å². The van der Waals surface area contributed by atoms with Crippen molar-refractivity contribution in [2.24, 2.45) is 0 Å². The maximum absolute atomic E-state index is 13.4. The number of benzene rings is 2. The lowest BCUT2D eigenvalue weighted by molar-refractivity contribution is -0.121. The summed E-state index contributed by atoms with van der Waals surface area (Å²) >= 11 is 0. The molecule has 0 spiro atoms. The Morgan fingerprint density at radius 2 is 1.66 bits per heavy atom. The van der Waals surface area contributed by atoms with Crippen molar-refractivity contribution >= 4 is 27.5 Å². The molecule has 0 bridgehead atoms. The minimum atomic E-state index is -3.82. The first-order chi connectivity index (χ1) is 14.0. The molecule has 152 valence electrons. The molecule has 2 aromatic rings. The van der Waals surface area contributed by atoms with Crippen LogP contribution in [0.3, 0.4) is 0 Å². The van der Waals surface area contributed by atoms with Crippen LogP contribution >= 0.6 is 0 Å². The maximum atomic E-state index is 13.4. The Balaban J connectivity index is 1.66. The molecular weight excluding hydrogens is 390 g/mol. The lowest BCUT2D eigenvalue weighted by atomic mass is 10.0. The van der Waals surface area contributed by atoms with Gasteiger partial charge in [-0.2, -0.15) is 4.31 Å². The highest BCUT2D eigenvalue weighted by Crippen LogP contribution is 2.32. The summed E-state index contributed by atoms with van der Waals surface area (Å²) in [6.07, 6.45) is 1.41. The van der Waals surface area contributed by atoms with E-state index in [1.807, 2.05) is 30.3 Å². The van der Waals surface area contributed by atoms with E-state index in [-0.39, 0.29) is 36.2 Å². The van der Waals surface area contributed by atoms with Crippen molar-refractivity contribution in [2.75, 3.05) is 24.5 Å². The predicted molar refractivity (Wildman–Crippen MR) is 109 cm³/mol. The van der Waals surface area contributed by atoms with Crippen molar-refractivity contribution in [3.8, 4) is 0 Å². The number of carbonyl (C=O) groups is 2. The molecule has 2 amide bonds. The summed E-state index contributed by atoms with van der Waals surface area (Å²) in [5, 5.41) is 2.76. The fourth-order valence-electron chi connectivity index (χ4n) is 3.91. The summed E-state index contributed by atoms with van der Waals surface area (Å²) in [4.78, 5) is 25.9. The van der Waals surface area contributed by atoms with Crippen LogP contribution in [0, 0.1) is 0 Å². The number of carbonyl (C=O) groups excluding carboxylic acids is 2. The van der Waals surface area contributed by atoms with Crippen molar-refractivity contribution in [3.05, 3.63) is 60.2 Å². The molecule has 7 nitrogen and oxygen atoms in total. The summed E-state index contributed by atoms with van der Waals surface area (Å²) < 4.78 is 28.3. The third-order valence-electron chi connectivity index (χ3n) is 5.39. The zero-order valence-electron chi connectivity index (χ0n) is 16.0. The minimum absolute atomic E-state index is 0.0573. The number of anilines is 1. The monoisotopic (exact) mass is 413 g/mol. The lowest BCUT2D eigenvalue weighted by Crippen LogP contribution is -2.36. The normalized spacial score (nSPS) is 21.1. The van der Waals surface area contributed by atoms with Crippen molar-refractivity contribution < 1.29 is 18.0 Å². The van der Waals surface area contributed by atoms with Gasteiger partial charge in [0.05, 0.1) is 10.9 Å². The largest absolute Gasteiger partial charge is 0.355 e. The summed E-state index contributed by atoms with van der Waals surface area (Å²) in [5.41, 5.74) is 1.49. The van der Waals surface area contributed by atoms with Crippen molar-refractivity contribution in [1.82, 2.24) is 9.62 Å². The van der Waals surface area contributed by atoms with Gasteiger partial charge < -0.3 is 10.2 Å². The van der Waals surface area contributed by atoms with E-state index in [2.05, 4.69) is 5.32 Å². The Hall–Kier alpha value is -2.71. The predicted octanol–water partition coefficient (Wildman–Crippen LogP) is 2.07. The maximum Gasteiger partial charge on any atom is 0.243 e. The Morgan fingerprint density at radius 1 is 0.931 bits per heavy atom. The molecule has 1 unspecified atom stereocenters. The van der Waals surface area contributed by atoms with E-state index in [1.165, 1.54) is 4.31 Å². The first-order valence-electron chi connectivity index (χ1n) is 9.71. The highest BCUT2D eigenvalue weighted by atomic mass is 32.2. The molecule has 1 atom stereocenters.